The number of fused-ring (bicyclic) bond motifs is 1. The van der Waals surface area contributed by atoms with Crippen molar-refractivity contribution in [2.75, 3.05) is 32.5 Å². The number of aromatic nitrogens is 2. The van der Waals surface area contributed by atoms with Gasteiger partial charge in [0.15, 0.2) is 0 Å². The topological polar surface area (TPSA) is 82.1 Å². The van der Waals surface area contributed by atoms with E-state index in [1.54, 1.807) is 9.30 Å². The Kier molecular flexibility index (Phi) is 5.29. The van der Waals surface area contributed by atoms with Gasteiger partial charge in [0.05, 0.1) is 43.3 Å². The van der Waals surface area contributed by atoms with E-state index in [4.69, 9.17) is 15.2 Å². The van der Waals surface area contributed by atoms with Gasteiger partial charge in [0, 0.05) is 24.8 Å². The Hall–Kier alpha value is -3.20. The summed E-state index contributed by atoms with van der Waals surface area (Å²) in [5, 5.41) is 0. The first-order valence-electron chi connectivity index (χ1n) is 9.54. The second-order valence-corrected chi connectivity index (χ2v) is 7.31. The molecule has 4 rings (SSSR count). The number of benzene rings is 1. The predicted octanol–water partition coefficient (Wildman–Crippen LogP) is 3.18. The number of imidazole rings is 1. The number of halogens is 2. The van der Waals surface area contributed by atoms with E-state index in [-0.39, 0.29) is 23.0 Å². The van der Waals surface area contributed by atoms with E-state index in [1.165, 1.54) is 7.11 Å². The van der Waals surface area contributed by atoms with E-state index >= 15 is 0 Å². The molecule has 2 N–H and O–H groups in total. The maximum atomic E-state index is 14.7. The van der Waals surface area contributed by atoms with E-state index in [0.29, 0.717) is 37.5 Å². The van der Waals surface area contributed by atoms with Crippen LogP contribution in [0.25, 0.3) is 16.9 Å². The van der Waals surface area contributed by atoms with Crippen molar-refractivity contribution in [3.63, 3.8) is 0 Å². The summed E-state index contributed by atoms with van der Waals surface area (Å²) < 4.78 is 41.8. The number of carbonyl (C=O) groups excluding carboxylic acids is 1. The van der Waals surface area contributed by atoms with Crippen LogP contribution in [0, 0.1) is 18.6 Å². The average Bonchev–Trinajstić information content (AvgIpc) is 3.03. The molecule has 1 fully saturated rings. The van der Waals surface area contributed by atoms with Gasteiger partial charge in [-0.15, -0.1) is 0 Å². The average molecular weight is 416 g/mol. The molecule has 1 amide bonds. The van der Waals surface area contributed by atoms with Gasteiger partial charge < -0.3 is 24.5 Å². The third-order valence-corrected chi connectivity index (χ3v) is 5.17. The number of carbonyl (C=O) groups is 1. The molecule has 9 heteroatoms. The smallest absolute Gasteiger partial charge is 0.409 e. The van der Waals surface area contributed by atoms with Crippen LogP contribution in [0.15, 0.2) is 30.5 Å². The number of hydrogen-bond donors (Lipinski definition) is 1. The zero-order chi connectivity index (χ0) is 21.4. The molecule has 1 unspecified atom stereocenters. The Labute approximate surface area is 172 Å². The molecule has 0 bridgehead atoms. The first-order valence-corrected chi connectivity index (χ1v) is 9.54. The number of nitrogen functional groups attached to an aromatic ring is 1. The third kappa shape index (κ3) is 3.68. The molecule has 1 saturated heterocycles. The maximum Gasteiger partial charge on any atom is 0.409 e. The summed E-state index contributed by atoms with van der Waals surface area (Å²) in [6, 6.07) is 5.88. The molecule has 0 saturated carbocycles. The van der Waals surface area contributed by atoms with Gasteiger partial charge in [0.1, 0.15) is 17.3 Å². The number of morpholine rings is 1. The Balaban J connectivity index is 1.79. The summed E-state index contributed by atoms with van der Waals surface area (Å²) in [4.78, 5) is 18.0. The number of amides is 1. The minimum Gasteiger partial charge on any atom is -0.453 e. The fourth-order valence-corrected chi connectivity index (χ4v) is 3.76. The number of pyridine rings is 1. The molecule has 0 radical (unpaired) electrons. The van der Waals surface area contributed by atoms with Crippen LogP contribution in [-0.2, 0) is 15.9 Å². The van der Waals surface area contributed by atoms with Gasteiger partial charge in [-0.05, 0) is 36.8 Å². The minimum atomic E-state index is -0.783. The lowest BCUT2D eigenvalue weighted by molar-refractivity contribution is -0.0241. The van der Waals surface area contributed by atoms with Crippen LogP contribution >= 0.6 is 0 Å². The normalized spacial score (nSPS) is 16.8. The molecule has 1 aliphatic heterocycles. The molecule has 1 atom stereocenters. The van der Waals surface area contributed by atoms with Crippen molar-refractivity contribution in [2.24, 2.45) is 0 Å². The van der Waals surface area contributed by atoms with Crippen molar-refractivity contribution in [3.8, 4) is 11.3 Å². The van der Waals surface area contributed by atoms with E-state index in [1.807, 2.05) is 25.3 Å². The van der Waals surface area contributed by atoms with Crippen LogP contribution in [0.3, 0.4) is 0 Å². The zero-order valence-corrected chi connectivity index (χ0v) is 16.7. The van der Waals surface area contributed by atoms with Gasteiger partial charge in [0.2, 0.25) is 0 Å². The van der Waals surface area contributed by atoms with E-state index in [2.05, 4.69) is 4.98 Å². The number of methoxy groups -OCH3 is 1. The molecule has 1 aliphatic rings. The number of aryl methyl sites for hydroxylation is 1. The van der Waals surface area contributed by atoms with E-state index in [9.17, 15) is 13.6 Å². The van der Waals surface area contributed by atoms with Crippen LogP contribution < -0.4 is 5.73 Å². The van der Waals surface area contributed by atoms with Gasteiger partial charge in [-0.2, -0.15) is 0 Å². The van der Waals surface area contributed by atoms with Crippen molar-refractivity contribution in [1.29, 1.82) is 0 Å². The highest BCUT2D eigenvalue weighted by Crippen LogP contribution is 2.32. The van der Waals surface area contributed by atoms with Gasteiger partial charge >= 0.3 is 6.09 Å². The van der Waals surface area contributed by atoms with Crippen LogP contribution in [-0.4, -0.2) is 53.3 Å². The molecule has 3 heterocycles. The van der Waals surface area contributed by atoms with Crippen LogP contribution in [0.1, 0.15) is 11.3 Å². The zero-order valence-electron chi connectivity index (χ0n) is 16.7. The van der Waals surface area contributed by atoms with Crippen LogP contribution in [0.2, 0.25) is 0 Å². The molecule has 1 aromatic carbocycles. The monoisotopic (exact) mass is 416 g/mol. The molecule has 158 valence electrons. The second kappa shape index (κ2) is 7.91. The molecule has 3 aromatic rings. The number of hydrogen-bond acceptors (Lipinski definition) is 5. The first kappa shape index (κ1) is 20.1. The number of nitrogens with zero attached hydrogens (tertiary/aromatic N) is 3. The minimum absolute atomic E-state index is 0.000702. The highest BCUT2D eigenvalue weighted by molar-refractivity contribution is 5.70. The molecule has 0 spiro atoms. The SMILES string of the molecule is COC(=O)N1CCOC(Cc2c(-c3c(F)cc(N)cc3F)nc3cc(C)ccn23)C1. The molecular formula is C21H22F2N4O3. The number of nitrogens with two attached hydrogens (primary N) is 1. The van der Waals surface area contributed by atoms with Crippen molar-refractivity contribution >= 4 is 17.4 Å². The van der Waals surface area contributed by atoms with E-state index < -0.39 is 17.7 Å². The number of anilines is 1. The highest BCUT2D eigenvalue weighted by Gasteiger charge is 2.29. The lowest BCUT2D eigenvalue weighted by Crippen LogP contribution is -2.46. The Bertz CT molecular complexity index is 1090. The predicted molar refractivity (Wildman–Crippen MR) is 107 cm³/mol. The summed E-state index contributed by atoms with van der Waals surface area (Å²) in [5.41, 5.74) is 7.64. The highest BCUT2D eigenvalue weighted by atomic mass is 19.1. The molecular weight excluding hydrogens is 394 g/mol. The van der Waals surface area contributed by atoms with Crippen molar-refractivity contribution in [3.05, 3.63) is 53.4 Å². The summed E-state index contributed by atoms with van der Waals surface area (Å²) in [6.45, 7) is 2.98. The molecule has 7 nitrogen and oxygen atoms in total. The lowest BCUT2D eigenvalue weighted by Gasteiger charge is -2.32. The van der Waals surface area contributed by atoms with E-state index in [0.717, 1.165) is 17.7 Å². The Morgan fingerprint density at radius 2 is 2.07 bits per heavy atom. The maximum absolute atomic E-state index is 14.7. The van der Waals surface area contributed by atoms with Gasteiger partial charge in [-0.25, -0.2) is 18.6 Å². The Morgan fingerprint density at radius 3 is 2.77 bits per heavy atom. The summed E-state index contributed by atoms with van der Waals surface area (Å²) >= 11 is 0. The lowest BCUT2D eigenvalue weighted by atomic mass is 10.0. The fraction of sp³-hybridized carbons (Fsp3) is 0.333. The number of ether oxygens (including phenoxy) is 2. The quantitative estimate of drug-likeness (QED) is 0.664. The van der Waals surface area contributed by atoms with Crippen molar-refractivity contribution in [1.82, 2.24) is 14.3 Å². The second-order valence-electron chi connectivity index (χ2n) is 7.31. The number of rotatable bonds is 3. The largest absolute Gasteiger partial charge is 0.453 e. The summed E-state index contributed by atoms with van der Waals surface area (Å²) in [5.74, 6) is -1.57. The molecule has 0 aliphatic carbocycles. The van der Waals surface area contributed by atoms with Crippen LogP contribution in [0.4, 0.5) is 19.3 Å². The van der Waals surface area contributed by atoms with Crippen molar-refractivity contribution < 1.29 is 23.0 Å². The van der Waals surface area contributed by atoms with Gasteiger partial charge in [-0.1, -0.05) is 0 Å². The van der Waals surface area contributed by atoms with Gasteiger partial charge in [-0.3, -0.25) is 0 Å². The molecule has 30 heavy (non-hydrogen) atoms. The van der Waals surface area contributed by atoms with Crippen LogP contribution in [0.5, 0.6) is 0 Å². The molecule has 2 aromatic heterocycles. The van der Waals surface area contributed by atoms with Gasteiger partial charge in [0.25, 0.3) is 0 Å². The summed E-state index contributed by atoms with van der Waals surface area (Å²) in [6.07, 6.45) is 1.30. The third-order valence-electron chi connectivity index (χ3n) is 5.17. The standard InChI is InChI=1S/C21H22F2N4O3/c1-12-3-4-27-17(10-14-11-26(5-6-30-14)21(28)29-2)20(25-18(27)7-12)19-15(22)8-13(24)9-16(19)23/h3-4,7-9,14H,5-6,10-11,24H2,1-2H3. The first-order chi connectivity index (χ1) is 14.4. The Morgan fingerprint density at radius 1 is 1.33 bits per heavy atom. The summed E-state index contributed by atoms with van der Waals surface area (Å²) in [7, 11) is 1.32. The fourth-order valence-electron chi connectivity index (χ4n) is 3.76. The van der Waals surface area contributed by atoms with Crippen molar-refractivity contribution in [2.45, 2.75) is 19.4 Å².